The summed E-state index contributed by atoms with van der Waals surface area (Å²) in [5.41, 5.74) is 0. The number of ether oxygens (including phenoxy) is 1. The molecule has 0 fully saturated rings. The first-order chi connectivity index (χ1) is 17.8. The molecule has 216 valence electrons. The largest absolute Gasteiger partial charge is 0.465 e. The van der Waals surface area contributed by atoms with E-state index in [2.05, 4.69) is 6.92 Å². The summed E-state index contributed by atoms with van der Waals surface area (Å²) in [5, 5.41) is 13.7. The van der Waals surface area contributed by atoms with Crippen molar-refractivity contribution in [2.45, 2.75) is 26.2 Å². The zero-order valence-electron chi connectivity index (χ0n) is 21.1. The third-order valence-electron chi connectivity index (χ3n) is 3.42. The van der Waals surface area contributed by atoms with Gasteiger partial charge in [-0.15, -0.1) is 70.6 Å². The predicted molar refractivity (Wildman–Crippen MR) is 171 cm³/mol. The van der Waals surface area contributed by atoms with Crippen molar-refractivity contribution in [3.8, 4) is 0 Å². The summed E-state index contributed by atoms with van der Waals surface area (Å²) < 4.78 is 5.30. The smallest absolute Gasteiger partial charge is 0.306 e. The van der Waals surface area contributed by atoms with Crippen LogP contribution in [0.5, 0.6) is 0 Å². The first kappa shape index (κ1) is 38.1. The zero-order valence-corrected chi connectivity index (χ0v) is 27.6. The van der Waals surface area contributed by atoms with Crippen LogP contribution in [0.25, 0.3) is 0 Å². The lowest BCUT2D eigenvalue weighted by atomic mass is 10.5. The molecule has 0 bridgehead atoms. The van der Waals surface area contributed by atoms with Crippen LogP contribution in [0.3, 0.4) is 0 Å². The van der Waals surface area contributed by atoms with Gasteiger partial charge in [0.05, 0.1) is 32.8 Å². The average Bonchev–Trinajstić information content (AvgIpc) is 2.88. The number of aliphatic hydroxyl groups is 1. The van der Waals surface area contributed by atoms with Gasteiger partial charge in [-0.2, -0.15) is 23.5 Å². The van der Waals surface area contributed by atoms with Crippen molar-refractivity contribution < 1.29 is 34.2 Å². The molecule has 0 unspecified atom stereocenters. The van der Waals surface area contributed by atoms with Crippen molar-refractivity contribution in [1.82, 2.24) is 0 Å². The summed E-state index contributed by atoms with van der Waals surface area (Å²) in [6.45, 7) is 4.66. The number of carbonyl (C=O) groups is 1. The normalized spacial score (nSPS) is 11.3. The number of esters is 1. The van der Waals surface area contributed by atoms with Crippen molar-refractivity contribution in [3.05, 3.63) is 0 Å². The van der Waals surface area contributed by atoms with Gasteiger partial charge in [0.15, 0.2) is 0 Å². The van der Waals surface area contributed by atoms with E-state index < -0.39 is 0 Å². The molecule has 0 aromatic heterocycles. The van der Waals surface area contributed by atoms with Gasteiger partial charge in [-0.25, -0.2) is 19.6 Å². The summed E-state index contributed by atoms with van der Waals surface area (Å²) >= 11 is 14.4. The van der Waals surface area contributed by atoms with Gasteiger partial charge >= 0.3 is 5.97 Å². The highest BCUT2D eigenvalue weighted by molar-refractivity contribution is 8.23. The van der Waals surface area contributed by atoms with Crippen molar-refractivity contribution in [1.29, 1.82) is 0 Å². The van der Waals surface area contributed by atoms with Crippen LogP contribution < -0.4 is 0 Å². The van der Waals surface area contributed by atoms with Gasteiger partial charge in [0, 0.05) is 48.4 Å². The van der Waals surface area contributed by atoms with Crippen LogP contribution >= 0.6 is 94.1 Å². The molecule has 0 amide bonds. The fraction of sp³-hybridized carbons (Fsp3) is 0.952. The zero-order chi connectivity index (χ0) is 26.2. The molecule has 0 saturated carbocycles. The van der Waals surface area contributed by atoms with Crippen LogP contribution in [0.2, 0.25) is 0 Å². The van der Waals surface area contributed by atoms with E-state index in [1.54, 1.807) is 47.0 Å². The maximum Gasteiger partial charge on any atom is 0.306 e. The number of thioether (sulfide) groups is 8. The molecule has 0 aliphatic carbocycles. The van der Waals surface area contributed by atoms with E-state index in [0.717, 1.165) is 67.0 Å². The summed E-state index contributed by atoms with van der Waals surface area (Å²) in [7, 11) is 0. The van der Waals surface area contributed by atoms with Gasteiger partial charge < -0.3 is 9.84 Å². The maximum absolute atomic E-state index is 11.8. The van der Waals surface area contributed by atoms with E-state index in [-0.39, 0.29) is 12.6 Å². The Labute approximate surface area is 251 Å². The minimum absolute atomic E-state index is 0.0968. The highest BCUT2D eigenvalue weighted by Gasteiger charge is 2.03. The third-order valence-corrected chi connectivity index (χ3v) is 12.8. The van der Waals surface area contributed by atoms with Gasteiger partial charge in [0.2, 0.25) is 0 Å². The number of rotatable bonds is 31. The fourth-order valence-corrected chi connectivity index (χ4v) is 9.88. The van der Waals surface area contributed by atoms with Crippen molar-refractivity contribution in [2.75, 3.05) is 93.2 Å². The first-order valence-electron chi connectivity index (χ1n) is 11.7. The Balaban J connectivity index is 3.13. The Morgan fingerprint density at radius 1 is 0.611 bits per heavy atom. The molecular formula is C21H42O7S8. The van der Waals surface area contributed by atoms with E-state index in [1.807, 2.05) is 47.0 Å². The molecule has 0 spiro atoms. The Morgan fingerprint density at radius 3 is 1.92 bits per heavy atom. The number of aliphatic hydroxyl groups excluding tert-OH is 1. The standard InChI is InChI=1S/C21H42O7S8/c1-2-6-25-27-9-14-33-20-36-19-32-13-8-24-21(23)4-11-30-18-35-17-29-10-3-7-26-28-15-34-16-31-12-5-22/h22H,2-20H2,1H3. The quantitative estimate of drug-likeness (QED) is 0.0300. The van der Waals surface area contributed by atoms with Gasteiger partial charge in [-0.1, -0.05) is 6.92 Å². The van der Waals surface area contributed by atoms with Gasteiger partial charge in [-0.3, -0.25) is 4.79 Å². The molecule has 0 aromatic carbocycles. The second-order valence-electron chi connectivity index (χ2n) is 6.49. The third kappa shape index (κ3) is 34.1. The molecule has 36 heavy (non-hydrogen) atoms. The van der Waals surface area contributed by atoms with Gasteiger partial charge in [0.1, 0.15) is 12.5 Å². The lowest BCUT2D eigenvalue weighted by Crippen LogP contribution is -2.08. The first-order valence-corrected chi connectivity index (χ1v) is 20.9. The minimum atomic E-state index is -0.0968. The van der Waals surface area contributed by atoms with Crippen LogP contribution in [0, 0.1) is 0 Å². The van der Waals surface area contributed by atoms with Gasteiger partial charge in [-0.05, 0) is 18.6 Å². The summed E-state index contributed by atoms with van der Waals surface area (Å²) in [6.07, 6.45) is 2.42. The monoisotopic (exact) mass is 662 g/mol. The average molecular weight is 663 g/mol. The highest BCUT2D eigenvalue weighted by Crippen LogP contribution is 2.20. The van der Waals surface area contributed by atoms with E-state index in [0.29, 0.717) is 38.8 Å². The van der Waals surface area contributed by atoms with Crippen LogP contribution in [0.15, 0.2) is 0 Å². The molecule has 0 atom stereocenters. The second-order valence-corrected chi connectivity index (χ2v) is 16.7. The lowest BCUT2D eigenvalue weighted by Gasteiger charge is -2.06. The van der Waals surface area contributed by atoms with Crippen molar-refractivity contribution in [2.24, 2.45) is 0 Å². The molecule has 7 nitrogen and oxygen atoms in total. The van der Waals surface area contributed by atoms with Crippen molar-refractivity contribution >= 4 is 100 Å². The number of hydrogen-bond acceptors (Lipinski definition) is 15. The molecule has 0 saturated heterocycles. The Kier molecular flexibility index (Phi) is 37.1. The highest BCUT2D eigenvalue weighted by atomic mass is 32.2. The Bertz CT molecular complexity index is 445. The van der Waals surface area contributed by atoms with Crippen molar-refractivity contribution in [3.63, 3.8) is 0 Å². The Hall–Kier alpha value is 2.07. The molecule has 0 aliphatic rings. The van der Waals surface area contributed by atoms with E-state index >= 15 is 0 Å². The molecule has 0 rings (SSSR count). The fourth-order valence-electron chi connectivity index (χ4n) is 1.84. The second kappa shape index (κ2) is 35.1. The Morgan fingerprint density at radius 2 is 1.19 bits per heavy atom. The molecule has 1 N–H and O–H groups in total. The topological polar surface area (TPSA) is 83.5 Å². The van der Waals surface area contributed by atoms with Crippen LogP contribution in [0.4, 0.5) is 0 Å². The summed E-state index contributed by atoms with van der Waals surface area (Å²) in [5.74, 6) is 4.83. The van der Waals surface area contributed by atoms with E-state index in [9.17, 15) is 4.79 Å². The van der Waals surface area contributed by atoms with Crippen LogP contribution in [-0.2, 0) is 29.1 Å². The SMILES string of the molecule is CCCOOCCSCSCSCCOC(=O)CCSCSCSCCCOOCSCSCCO. The van der Waals surface area contributed by atoms with E-state index in [4.69, 9.17) is 29.4 Å². The number of hydrogen-bond donors (Lipinski definition) is 1. The molecule has 0 aliphatic heterocycles. The summed E-state index contributed by atoms with van der Waals surface area (Å²) in [4.78, 5) is 32.0. The lowest BCUT2D eigenvalue weighted by molar-refractivity contribution is -0.290. The predicted octanol–water partition coefficient (Wildman–Crippen LogP) is 6.22. The molecule has 0 heterocycles. The van der Waals surface area contributed by atoms with Crippen LogP contribution in [0.1, 0.15) is 26.2 Å². The number of carbonyl (C=O) groups excluding carboxylic acids is 1. The maximum atomic E-state index is 11.8. The van der Waals surface area contributed by atoms with Gasteiger partial charge in [0.25, 0.3) is 0 Å². The molecule has 15 heteroatoms. The molecule has 0 radical (unpaired) electrons. The molecular weight excluding hydrogens is 621 g/mol. The van der Waals surface area contributed by atoms with E-state index in [1.165, 1.54) is 0 Å². The molecule has 0 aromatic rings. The summed E-state index contributed by atoms with van der Waals surface area (Å²) in [6, 6.07) is 0. The van der Waals surface area contributed by atoms with Crippen LogP contribution in [-0.4, -0.2) is 104 Å². The minimum Gasteiger partial charge on any atom is -0.465 e.